The number of hydrogen-bond donors (Lipinski definition) is 2. The van der Waals surface area contributed by atoms with Crippen molar-refractivity contribution in [3.63, 3.8) is 0 Å². The standard InChI is InChI=1S/C26H28N4O2/c1-15-9-10-20(27)12-21(15)19-8-6-7-18(11-19)16(2)28-26-22-13-24(31-4)25(32-5)14-23(22)29-17(3)30-26/h6-14,16H,27H2,1-5H3,(H,28,29,30)/t16-/m1/s1. The van der Waals surface area contributed by atoms with Crippen molar-refractivity contribution < 1.29 is 9.47 Å². The van der Waals surface area contributed by atoms with Gasteiger partial charge in [0.1, 0.15) is 11.6 Å². The number of rotatable bonds is 6. The minimum atomic E-state index is 0.0157. The van der Waals surface area contributed by atoms with Gasteiger partial charge >= 0.3 is 0 Å². The molecular formula is C26H28N4O2. The van der Waals surface area contributed by atoms with Gasteiger partial charge in [0.15, 0.2) is 11.5 Å². The summed E-state index contributed by atoms with van der Waals surface area (Å²) in [6.45, 7) is 6.10. The Balaban J connectivity index is 1.71. The van der Waals surface area contributed by atoms with Crippen LogP contribution < -0.4 is 20.5 Å². The third-order valence-electron chi connectivity index (χ3n) is 5.63. The Morgan fingerprint density at radius 1 is 0.906 bits per heavy atom. The smallest absolute Gasteiger partial charge is 0.162 e. The molecule has 0 radical (unpaired) electrons. The summed E-state index contributed by atoms with van der Waals surface area (Å²) in [6.07, 6.45) is 0. The van der Waals surface area contributed by atoms with Crippen LogP contribution in [0.3, 0.4) is 0 Å². The van der Waals surface area contributed by atoms with Crippen LogP contribution in [0.2, 0.25) is 0 Å². The Bertz CT molecular complexity index is 1290. The lowest BCUT2D eigenvalue weighted by Crippen LogP contribution is -2.10. The van der Waals surface area contributed by atoms with Crippen LogP contribution in [0.25, 0.3) is 22.0 Å². The first kappa shape index (κ1) is 21.4. The predicted molar refractivity (Wildman–Crippen MR) is 130 cm³/mol. The number of nitrogens with one attached hydrogen (secondary N) is 1. The molecule has 0 spiro atoms. The molecule has 4 aromatic rings. The molecule has 0 aliphatic rings. The van der Waals surface area contributed by atoms with Gasteiger partial charge in [0.2, 0.25) is 0 Å². The minimum absolute atomic E-state index is 0.0157. The first-order chi connectivity index (χ1) is 15.4. The number of methoxy groups -OCH3 is 2. The fourth-order valence-corrected chi connectivity index (χ4v) is 3.90. The monoisotopic (exact) mass is 428 g/mol. The van der Waals surface area contributed by atoms with Crippen LogP contribution in [-0.4, -0.2) is 24.2 Å². The number of hydrogen-bond acceptors (Lipinski definition) is 6. The second kappa shape index (κ2) is 8.75. The number of anilines is 2. The zero-order valence-electron chi connectivity index (χ0n) is 19.1. The van der Waals surface area contributed by atoms with Gasteiger partial charge in [-0.05, 0) is 67.3 Å². The Labute approximate surface area is 188 Å². The fourth-order valence-electron chi connectivity index (χ4n) is 3.90. The summed E-state index contributed by atoms with van der Waals surface area (Å²) in [7, 11) is 3.24. The lowest BCUT2D eigenvalue weighted by Gasteiger charge is -2.19. The average molecular weight is 429 g/mol. The zero-order valence-corrected chi connectivity index (χ0v) is 19.1. The molecule has 0 bridgehead atoms. The van der Waals surface area contributed by atoms with Crippen molar-refractivity contribution in [3.8, 4) is 22.6 Å². The van der Waals surface area contributed by atoms with Crippen molar-refractivity contribution in [3.05, 3.63) is 71.5 Å². The molecule has 4 rings (SSSR count). The molecule has 6 heteroatoms. The highest BCUT2D eigenvalue weighted by Gasteiger charge is 2.15. The van der Waals surface area contributed by atoms with Crippen molar-refractivity contribution >= 4 is 22.4 Å². The van der Waals surface area contributed by atoms with Crippen LogP contribution in [0, 0.1) is 13.8 Å². The maximum absolute atomic E-state index is 6.03. The Morgan fingerprint density at radius 3 is 2.41 bits per heavy atom. The summed E-state index contributed by atoms with van der Waals surface area (Å²) in [4.78, 5) is 9.24. The number of aryl methyl sites for hydroxylation is 2. The molecule has 0 aliphatic carbocycles. The Kier molecular flexibility index (Phi) is 5.86. The van der Waals surface area contributed by atoms with E-state index >= 15 is 0 Å². The fraction of sp³-hybridized carbons (Fsp3) is 0.231. The van der Waals surface area contributed by atoms with E-state index in [1.807, 2.05) is 31.2 Å². The van der Waals surface area contributed by atoms with E-state index in [9.17, 15) is 0 Å². The number of benzene rings is 3. The third kappa shape index (κ3) is 4.17. The van der Waals surface area contributed by atoms with Crippen LogP contribution in [0.15, 0.2) is 54.6 Å². The van der Waals surface area contributed by atoms with E-state index in [1.54, 1.807) is 14.2 Å². The van der Waals surface area contributed by atoms with Gasteiger partial charge in [0, 0.05) is 23.2 Å². The van der Waals surface area contributed by atoms with E-state index in [2.05, 4.69) is 59.5 Å². The molecule has 0 fully saturated rings. The molecule has 1 atom stereocenters. The number of ether oxygens (including phenoxy) is 2. The van der Waals surface area contributed by atoms with Crippen LogP contribution in [-0.2, 0) is 0 Å². The lowest BCUT2D eigenvalue weighted by atomic mass is 9.96. The number of fused-ring (bicyclic) bond motifs is 1. The summed E-state index contributed by atoms with van der Waals surface area (Å²) in [6, 6.07) is 18.3. The van der Waals surface area contributed by atoms with Gasteiger partial charge in [-0.1, -0.05) is 24.3 Å². The third-order valence-corrected chi connectivity index (χ3v) is 5.63. The van der Waals surface area contributed by atoms with Gasteiger partial charge in [-0.25, -0.2) is 9.97 Å². The number of nitrogen functional groups attached to an aromatic ring is 1. The van der Waals surface area contributed by atoms with Crippen LogP contribution >= 0.6 is 0 Å². The quantitative estimate of drug-likeness (QED) is 0.384. The topological polar surface area (TPSA) is 82.3 Å². The van der Waals surface area contributed by atoms with Gasteiger partial charge in [-0.15, -0.1) is 0 Å². The van der Waals surface area contributed by atoms with Crippen molar-refractivity contribution in [2.75, 3.05) is 25.3 Å². The molecule has 1 heterocycles. The largest absolute Gasteiger partial charge is 0.493 e. The highest BCUT2D eigenvalue weighted by Crippen LogP contribution is 2.35. The maximum atomic E-state index is 6.03. The number of aromatic nitrogens is 2. The highest BCUT2D eigenvalue weighted by molar-refractivity contribution is 5.92. The van der Waals surface area contributed by atoms with Crippen LogP contribution in [0.1, 0.15) is 29.9 Å². The Morgan fingerprint density at radius 2 is 1.66 bits per heavy atom. The molecule has 0 amide bonds. The van der Waals surface area contributed by atoms with Gasteiger partial charge in [0.05, 0.1) is 19.7 Å². The molecule has 3 N–H and O–H groups in total. The molecular weight excluding hydrogens is 400 g/mol. The molecule has 1 aromatic heterocycles. The zero-order chi connectivity index (χ0) is 22.8. The van der Waals surface area contributed by atoms with Crippen molar-refractivity contribution in [1.29, 1.82) is 0 Å². The van der Waals surface area contributed by atoms with E-state index in [1.165, 1.54) is 5.56 Å². The second-order valence-corrected chi connectivity index (χ2v) is 7.91. The number of nitrogens with zero attached hydrogens (tertiary/aromatic N) is 2. The summed E-state index contributed by atoms with van der Waals surface area (Å²) in [5.74, 6) is 2.72. The lowest BCUT2D eigenvalue weighted by molar-refractivity contribution is 0.356. The molecule has 0 saturated carbocycles. The van der Waals surface area contributed by atoms with E-state index in [-0.39, 0.29) is 6.04 Å². The molecule has 32 heavy (non-hydrogen) atoms. The van der Waals surface area contributed by atoms with E-state index in [0.29, 0.717) is 17.3 Å². The van der Waals surface area contributed by atoms with Crippen LogP contribution in [0.5, 0.6) is 11.5 Å². The van der Waals surface area contributed by atoms with Gasteiger partial charge in [-0.3, -0.25) is 0 Å². The molecule has 6 nitrogen and oxygen atoms in total. The molecule has 0 unspecified atom stereocenters. The molecule has 164 valence electrons. The van der Waals surface area contributed by atoms with Gasteiger partial charge in [-0.2, -0.15) is 0 Å². The second-order valence-electron chi connectivity index (χ2n) is 7.91. The normalized spacial score (nSPS) is 11.9. The van der Waals surface area contributed by atoms with Gasteiger partial charge < -0.3 is 20.5 Å². The average Bonchev–Trinajstić information content (AvgIpc) is 2.79. The summed E-state index contributed by atoms with van der Waals surface area (Å²) in [5, 5.41) is 4.44. The summed E-state index contributed by atoms with van der Waals surface area (Å²) < 4.78 is 10.9. The predicted octanol–water partition coefficient (Wildman–Crippen LogP) is 5.69. The van der Waals surface area contributed by atoms with Crippen LogP contribution in [0.4, 0.5) is 11.5 Å². The molecule has 0 aliphatic heterocycles. The van der Waals surface area contributed by atoms with E-state index < -0.39 is 0 Å². The van der Waals surface area contributed by atoms with E-state index in [0.717, 1.165) is 39.1 Å². The maximum Gasteiger partial charge on any atom is 0.162 e. The Hall–Kier alpha value is -3.80. The molecule has 3 aromatic carbocycles. The van der Waals surface area contributed by atoms with Crippen molar-refractivity contribution in [2.45, 2.75) is 26.8 Å². The highest BCUT2D eigenvalue weighted by atomic mass is 16.5. The first-order valence-corrected chi connectivity index (χ1v) is 10.5. The number of nitrogens with two attached hydrogens (primary N) is 1. The van der Waals surface area contributed by atoms with Gasteiger partial charge in [0.25, 0.3) is 0 Å². The van der Waals surface area contributed by atoms with Crippen molar-refractivity contribution in [1.82, 2.24) is 9.97 Å². The van der Waals surface area contributed by atoms with E-state index in [4.69, 9.17) is 15.2 Å². The summed E-state index contributed by atoms with van der Waals surface area (Å²) >= 11 is 0. The first-order valence-electron chi connectivity index (χ1n) is 10.5. The minimum Gasteiger partial charge on any atom is -0.493 e. The van der Waals surface area contributed by atoms with Crippen molar-refractivity contribution in [2.24, 2.45) is 0 Å². The SMILES string of the molecule is COc1cc2nc(C)nc(N[C@H](C)c3cccc(-c4cc(N)ccc4C)c3)c2cc1OC. The molecule has 0 saturated heterocycles. The summed E-state index contributed by atoms with van der Waals surface area (Å²) in [5.41, 5.74) is 12.2.